The Morgan fingerprint density at radius 1 is 1.30 bits per heavy atom. The Balaban J connectivity index is 2.18. The molecule has 132 valence electrons. The fraction of sp³-hybridized carbons (Fsp3) is 1.00. The van der Waals surface area contributed by atoms with E-state index in [0.29, 0.717) is 13.2 Å². The molecule has 2 saturated heterocycles. The van der Waals surface area contributed by atoms with Crippen molar-refractivity contribution in [1.82, 2.24) is 0 Å². The van der Waals surface area contributed by atoms with E-state index in [1.165, 1.54) is 0 Å². The average molecular weight is 376 g/mol. The SMILES string of the molecule is B[C@@H]1O[C@@]2(CCOP(B)(=S)OC2)C(C)[C@@H]1O[Si](C)(C)C(C)(C)C. The molecule has 2 unspecified atom stereocenters. The van der Waals surface area contributed by atoms with Crippen LogP contribution < -0.4 is 0 Å². The van der Waals surface area contributed by atoms with E-state index in [1.54, 1.807) is 0 Å². The van der Waals surface area contributed by atoms with E-state index in [2.05, 4.69) is 48.6 Å². The molecule has 5 atom stereocenters. The van der Waals surface area contributed by atoms with E-state index >= 15 is 0 Å². The fourth-order valence-corrected chi connectivity index (χ4v) is 5.90. The molecule has 0 aliphatic carbocycles. The Bertz CT molecular complexity index is 502. The molecule has 23 heavy (non-hydrogen) atoms. The van der Waals surface area contributed by atoms with Gasteiger partial charge in [-0.25, -0.2) is 0 Å². The minimum atomic E-state index is -2.12. The maximum absolute atomic E-state index is 6.71. The zero-order valence-corrected chi connectivity index (χ0v) is 18.6. The number of ether oxygens (including phenoxy) is 1. The first-order chi connectivity index (χ1) is 10.3. The monoisotopic (exact) mass is 376 g/mol. The van der Waals surface area contributed by atoms with Gasteiger partial charge in [-0.1, -0.05) is 27.7 Å². The molecule has 0 amide bonds. The molecule has 4 nitrogen and oxygen atoms in total. The van der Waals surface area contributed by atoms with Crippen molar-refractivity contribution in [1.29, 1.82) is 0 Å². The summed E-state index contributed by atoms with van der Waals surface area (Å²) in [5, 5.41) is 0.190. The molecule has 1 spiro atoms. The lowest BCUT2D eigenvalue weighted by molar-refractivity contribution is -0.0620. The summed E-state index contributed by atoms with van der Waals surface area (Å²) >= 11 is 5.42. The number of hydrogen-bond acceptors (Lipinski definition) is 5. The molecule has 2 aliphatic heterocycles. The van der Waals surface area contributed by atoms with Crippen molar-refractivity contribution in [3.8, 4) is 0 Å². The first-order valence-electron chi connectivity index (χ1n) is 8.52. The molecule has 0 bridgehead atoms. The molecule has 2 rings (SSSR count). The van der Waals surface area contributed by atoms with Crippen LogP contribution in [0.5, 0.6) is 0 Å². The number of rotatable bonds is 2. The van der Waals surface area contributed by atoms with Gasteiger partial charge in [-0.3, -0.25) is 0 Å². The predicted octanol–water partition coefficient (Wildman–Crippen LogP) is 2.04. The Morgan fingerprint density at radius 3 is 2.48 bits per heavy atom. The van der Waals surface area contributed by atoms with Gasteiger partial charge in [0.2, 0.25) is 7.57 Å². The standard InChI is InChI=1S/C14H31B2O4PSSi/c1-10-11(20-23(5,6)13(2,3)4)12(15)19-14(10)7-8-17-21(16,22)18-9-14/h10-12H,7-9,15-16H2,1-6H3/t10?,11-,12+,14+,21?/m0/s1. The van der Waals surface area contributed by atoms with Gasteiger partial charge in [0.1, 0.15) is 14.2 Å². The van der Waals surface area contributed by atoms with Crippen molar-refractivity contribution < 1.29 is 18.2 Å². The molecule has 2 heterocycles. The van der Waals surface area contributed by atoms with Crippen LogP contribution >= 0.6 is 6.37 Å². The highest BCUT2D eigenvalue weighted by Gasteiger charge is 2.55. The maximum atomic E-state index is 6.71. The van der Waals surface area contributed by atoms with E-state index in [1.807, 2.05) is 7.57 Å². The molecule has 2 fully saturated rings. The van der Waals surface area contributed by atoms with Gasteiger partial charge in [0.15, 0.2) is 8.32 Å². The van der Waals surface area contributed by atoms with Crippen molar-refractivity contribution in [2.75, 3.05) is 13.2 Å². The second-order valence-corrected chi connectivity index (χ2v) is 17.5. The molecule has 0 aromatic heterocycles. The summed E-state index contributed by atoms with van der Waals surface area (Å²) in [5.41, 5.74) is -0.330. The Labute approximate surface area is 149 Å². The van der Waals surface area contributed by atoms with Crippen LogP contribution in [0.15, 0.2) is 0 Å². The highest BCUT2D eigenvalue weighted by Crippen LogP contribution is 2.51. The third-order valence-electron chi connectivity index (χ3n) is 5.84. The number of hydrogen-bond donors (Lipinski definition) is 0. The lowest BCUT2D eigenvalue weighted by atomic mass is 9.82. The van der Waals surface area contributed by atoms with Crippen LogP contribution in [0, 0.1) is 5.92 Å². The quantitative estimate of drug-likeness (QED) is 0.545. The molecule has 0 aromatic rings. The van der Waals surface area contributed by atoms with Gasteiger partial charge in [0.25, 0.3) is 0 Å². The summed E-state index contributed by atoms with van der Waals surface area (Å²) < 4.78 is 24.8. The molecular formula is C14H31B2O4PSSi. The van der Waals surface area contributed by atoms with Crippen molar-refractivity contribution in [2.45, 2.75) is 70.0 Å². The topological polar surface area (TPSA) is 36.9 Å². The van der Waals surface area contributed by atoms with Gasteiger partial charge in [-0.2, -0.15) is 0 Å². The third-order valence-corrected chi connectivity index (χ3v) is 12.2. The van der Waals surface area contributed by atoms with E-state index in [0.717, 1.165) is 6.42 Å². The first kappa shape index (κ1) is 20.2. The largest absolute Gasteiger partial charge is 0.412 e. The van der Waals surface area contributed by atoms with Crippen LogP contribution in [-0.4, -0.2) is 54.7 Å². The van der Waals surface area contributed by atoms with Gasteiger partial charge in [-0.15, -0.1) is 0 Å². The second-order valence-electron chi connectivity index (χ2n) is 8.65. The minimum absolute atomic E-state index is 0.0653. The van der Waals surface area contributed by atoms with Crippen molar-refractivity contribution >= 4 is 41.9 Å². The van der Waals surface area contributed by atoms with Gasteiger partial charge < -0.3 is 18.2 Å². The minimum Gasteiger partial charge on any atom is -0.412 e. The zero-order chi connectivity index (χ0) is 17.7. The van der Waals surface area contributed by atoms with E-state index in [4.69, 9.17) is 30.0 Å². The fourth-order valence-electron chi connectivity index (χ4n) is 3.14. The molecule has 9 heteroatoms. The smallest absolute Gasteiger partial charge is 0.214 e. The zero-order valence-electron chi connectivity index (χ0n) is 15.8. The molecule has 0 saturated carbocycles. The van der Waals surface area contributed by atoms with E-state index in [9.17, 15) is 0 Å². The van der Waals surface area contributed by atoms with E-state index in [-0.39, 0.29) is 28.7 Å². The van der Waals surface area contributed by atoms with Gasteiger partial charge in [-0.05, 0) is 29.9 Å². The molecule has 0 radical (unpaired) electrons. The Kier molecular flexibility index (Phi) is 5.72. The van der Waals surface area contributed by atoms with Crippen LogP contribution in [-0.2, 0) is 30.0 Å². The van der Waals surface area contributed by atoms with Crippen molar-refractivity contribution in [3.05, 3.63) is 0 Å². The highest BCUT2D eigenvalue weighted by atomic mass is 32.4. The lowest BCUT2D eigenvalue weighted by Gasteiger charge is -2.40. The molecule has 0 N–H and O–H groups in total. The summed E-state index contributed by atoms with van der Waals surface area (Å²) in [6, 6.07) is 0.0653. The Morgan fingerprint density at radius 2 is 1.91 bits per heavy atom. The van der Waals surface area contributed by atoms with Crippen molar-refractivity contribution in [2.24, 2.45) is 5.92 Å². The van der Waals surface area contributed by atoms with Crippen LogP contribution in [0.2, 0.25) is 18.1 Å². The van der Waals surface area contributed by atoms with Crippen LogP contribution in [0.1, 0.15) is 34.1 Å². The second kappa shape index (κ2) is 6.53. The summed E-state index contributed by atoms with van der Waals surface area (Å²) in [7, 11) is 2.18. The van der Waals surface area contributed by atoms with Crippen LogP contribution in [0.4, 0.5) is 0 Å². The van der Waals surface area contributed by atoms with Crippen LogP contribution in [0.25, 0.3) is 0 Å². The maximum Gasteiger partial charge on any atom is 0.214 e. The van der Waals surface area contributed by atoms with Gasteiger partial charge in [0.05, 0.1) is 24.9 Å². The predicted molar refractivity (Wildman–Crippen MR) is 107 cm³/mol. The normalized spacial score (nSPS) is 42.8. The molecule has 2 aliphatic rings. The summed E-state index contributed by atoms with van der Waals surface area (Å²) in [4.78, 5) is 0. The summed E-state index contributed by atoms with van der Waals surface area (Å²) in [6.45, 7) is 14.8. The van der Waals surface area contributed by atoms with Crippen molar-refractivity contribution in [3.63, 3.8) is 0 Å². The first-order valence-corrected chi connectivity index (χ1v) is 14.5. The summed E-state index contributed by atoms with van der Waals surface area (Å²) in [5.74, 6) is 0.267. The summed E-state index contributed by atoms with van der Waals surface area (Å²) in [6.07, 6.45) is -1.20. The van der Waals surface area contributed by atoms with Crippen LogP contribution in [0.3, 0.4) is 0 Å². The molecule has 0 aromatic carbocycles. The lowest BCUT2D eigenvalue weighted by Crippen LogP contribution is -2.49. The highest BCUT2D eigenvalue weighted by molar-refractivity contribution is 8.21. The van der Waals surface area contributed by atoms with E-state index < -0.39 is 14.7 Å². The Hall–Kier alpha value is 0.837. The average Bonchev–Trinajstić information content (AvgIpc) is 2.53. The van der Waals surface area contributed by atoms with Gasteiger partial charge in [0, 0.05) is 18.3 Å². The third kappa shape index (κ3) is 4.16. The van der Waals surface area contributed by atoms with Gasteiger partial charge >= 0.3 is 0 Å². The molecular weight excluding hydrogens is 345 g/mol.